The van der Waals surface area contributed by atoms with Gasteiger partial charge in [0.25, 0.3) is 5.91 Å². The average Bonchev–Trinajstić information content (AvgIpc) is 3.11. The number of rotatable bonds is 4. The number of piperidine rings is 1. The number of carbonyl (C=O) groups excluding carboxylic acids is 1. The van der Waals surface area contributed by atoms with E-state index in [1.54, 1.807) is 4.90 Å². The first-order valence-electron chi connectivity index (χ1n) is 8.26. The van der Waals surface area contributed by atoms with Crippen molar-refractivity contribution in [1.82, 2.24) is 4.90 Å². The van der Waals surface area contributed by atoms with Crippen LogP contribution < -0.4 is 0 Å². The van der Waals surface area contributed by atoms with E-state index in [1.807, 2.05) is 6.07 Å². The number of hydrogen-bond acceptors (Lipinski definition) is 3. The summed E-state index contributed by atoms with van der Waals surface area (Å²) in [5, 5.41) is 8.95. The summed E-state index contributed by atoms with van der Waals surface area (Å²) in [5.41, 5.74) is 1.33. The highest BCUT2D eigenvalue weighted by atomic mass is 16.4. The molecule has 2 aromatic rings. The normalized spacial score (nSPS) is 20.8. The smallest absolute Gasteiger partial charge is 0.338 e. The second-order valence-electron chi connectivity index (χ2n) is 6.23. The van der Waals surface area contributed by atoms with Crippen LogP contribution in [0.15, 0.2) is 47.1 Å². The topological polar surface area (TPSA) is 70.8 Å². The van der Waals surface area contributed by atoms with E-state index in [-0.39, 0.29) is 17.2 Å². The van der Waals surface area contributed by atoms with Crippen LogP contribution in [0.3, 0.4) is 0 Å². The molecule has 5 nitrogen and oxygen atoms in total. The maximum atomic E-state index is 12.6. The maximum absolute atomic E-state index is 12.6. The first-order valence-corrected chi connectivity index (χ1v) is 8.26. The predicted molar refractivity (Wildman–Crippen MR) is 89.2 cm³/mol. The van der Waals surface area contributed by atoms with Gasteiger partial charge in [0.2, 0.25) is 0 Å². The quantitative estimate of drug-likeness (QED) is 0.931. The molecular formula is C19H21NO4. The molecule has 0 saturated carbocycles. The van der Waals surface area contributed by atoms with Gasteiger partial charge >= 0.3 is 5.97 Å². The minimum absolute atomic E-state index is 0.00423. The van der Waals surface area contributed by atoms with Crippen LogP contribution in [-0.2, 0) is 0 Å². The number of carbonyl (C=O) groups is 2. The first-order chi connectivity index (χ1) is 11.6. The van der Waals surface area contributed by atoms with Gasteiger partial charge in [0, 0.05) is 19.2 Å². The lowest BCUT2D eigenvalue weighted by Crippen LogP contribution is -2.42. The molecule has 126 valence electrons. The number of carboxylic acid groups (broad SMARTS) is 1. The number of benzene rings is 1. The molecule has 1 aromatic heterocycles. The molecule has 24 heavy (non-hydrogen) atoms. The molecule has 0 radical (unpaired) electrons. The van der Waals surface area contributed by atoms with E-state index in [0.29, 0.717) is 24.9 Å². The van der Waals surface area contributed by atoms with Gasteiger partial charge in [-0.1, -0.05) is 43.7 Å². The molecule has 1 amide bonds. The van der Waals surface area contributed by atoms with E-state index >= 15 is 0 Å². The van der Waals surface area contributed by atoms with Crippen molar-refractivity contribution < 1.29 is 19.1 Å². The lowest BCUT2D eigenvalue weighted by atomic mass is 9.79. The van der Waals surface area contributed by atoms with Gasteiger partial charge < -0.3 is 14.4 Å². The SMILES string of the molecule is CCC1CN(C(=O)c2cc(C(=O)O)co2)CCC1c1ccccc1. The molecule has 1 aliphatic rings. The lowest BCUT2D eigenvalue weighted by molar-refractivity contribution is 0.0613. The van der Waals surface area contributed by atoms with Crippen LogP contribution in [0.4, 0.5) is 0 Å². The Hall–Kier alpha value is -2.56. The zero-order valence-corrected chi connectivity index (χ0v) is 13.6. The first kappa shape index (κ1) is 16.3. The number of carboxylic acids is 1. The highest BCUT2D eigenvalue weighted by molar-refractivity contribution is 5.95. The van der Waals surface area contributed by atoms with Gasteiger partial charge in [-0.15, -0.1) is 0 Å². The number of hydrogen-bond donors (Lipinski definition) is 1. The Kier molecular flexibility index (Phi) is 4.69. The van der Waals surface area contributed by atoms with Crippen molar-refractivity contribution >= 4 is 11.9 Å². The fourth-order valence-corrected chi connectivity index (χ4v) is 3.49. The van der Waals surface area contributed by atoms with Gasteiger partial charge in [0.1, 0.15) is 6.26 Å². The van der Waals surface area contributed by atoms with Crippen molar-refractivity contribution in [3.8, 4) is 0 Å². The molecule has 2 atom stereocenters. The van der Waals surface area contributed by atoms with Gasteiger partial charge in [0.15, 0.2) is 5.76 Å². The zero-order valence-electron chi connectivity index (χ0n) is 13.6. The molecule has 2 unspecified atom stereocenters. The fraction of sp³-hybridized carbons (Fsp3) is 0.368. The highest BCUT2D eigenvalue weighted by Crippen LogP contribution is 2.35. The average molecular weight is 327 g/mol. The number of likely N-dealkylation sites (tertiary alicyclic amines) is 1. The molecule has 2 heterocycles. The summed E-state index contributed by atoms with van der Waals surface area (Å²) in [6, 6.07) is 11.7. The Balaban J connectivity index is 1.73. The van der Waals surface area contributed by atoms with Crippen molar-refractivity contribution in [3.63, 3.8) is 0 Å². The Labute approximate surface area is 140 Å². The van der Waals surface area contributed by atoms with Gasteiger partial charge in [0.05, 0.1) is 5.56 Å². The third kappa shape index (κ3) is 3.20. The molecule has 0 aliphatic carbocycles. The van der Waals surface area contributed by atoms with Crippen LogP contribution in [0.5, 0.6) is 0 Å². The molecule has 0 spiro atoms. The summed E-state index contributed by atoms with van der Waals surface area (Å²) in [5.74, 6) is -0.384. The van der Waals surface area contributed by atoms with E-state index in [4.69, 9.17) is 9.52 Å². The van der Waals surface area contributed by atoms with Crippen molar-refractivity contribution in [2.75, 3.05) is 13.1 Å². The highest BCUT2D eigenvalue weighted by Gasteiger charge is 2.32. The molecule has 3 rings (SSSR count). The number of aromatic carboxylic acids is 1. The van der Waals surface area contributed by atoms with Gasteiger partial charge in [-0.3, -0.25) is 4.79 Å². The summed E-state index contributed by atoms with van der Waals surface area (Å²) >= 11 is 0. The molecule has 0 bridgehead atoms. The zero-order chi connectivity index (χ0) is 17.1. The number of amides is 1. The van der Waals surface area contributed by atoms with Crippen LogP contribution in [-0.4, -0.2) is 35.0 Å². The lowest BCUT2D eigenvalue weighted by Gasteiger charge is -2.38. The fourth-order valence-electron chi connectivity index (χ4n) is 3.49. The van der Waals surface area contributed by atoms with Gasteiger partial charge in [-0.2, -0.15) is 0 Å². The van der Waals surface area contributed by atoms with Crippen molar-refractivity contribution in [2.45, 2.75) is 25.7 Å². The van der Waals surface area contributed by atoms with E-state index < -0.39 is 5.97 Å². The van der Waals surface area contributed by atoms with E-state index in [2.05, 4.69) is 31.2 Å². The van der Waals surface area contributed by atoms with Crippen LogP contribution in [0.2, 0.25) is 0 Å². The van der Waals surface area contributed by atoms with E-state index in [1.165, 1.54) is 11.6 Å². The van der Waals surface area contributed by atoms with Crippen molar-refractivity contribution in [3.05, 3.63) is 59.5 Å². The standard InChI is InChI=1S/C19H21NO4/c1-2-13-11-20(9-8-16(13)14-6-4-3-5-7-14)18(21)17-10-15(12-24-17)19(22)23/h3-7,10,12-13,16H,2,8-9,11H2,1H3,(H,22,23). The molecule has 1 aliphatic heterocycles. The molecule has 1 aromatic carbocycles. The molecule has 1 saturated heterocycles. The molecular weight excluding hydrogens is 306 g/mol. The van der Waals surface area contributed by atoms with Crippen LogP contribution in [0.1, 0.15) is 52.2 Å². The minimum Gasteiger partial charge on any atom is -0.478 e. The Morgan fingerprint density at radius 1 is 1.29 bits per heavy atom. The van der Waals surface area contributed by atoms with Gasteiger partial charge in [-0.05, 0) is 23.8 Å². The minimum atomic E-state index is -1.09. The van der Waals surface area contributed by atoms with Crippen LogP contribution in [0, 0.1) is 5.92 Å². The van der Waals surface area contributed by atoms with Crippen molar-refractivity contribution in [2.24, 2.45) is 5.92 Å². The van der Waals surface area contributed by atoms with Crippen molar-refractivity contribution in [1.29, 1.82) is 0 Å². The number of nitrogens with zero attached hydrogens (tertiary/aromatic N) is 1. The third-order valence-electron chi connectivity index (χ3n) is 4.83. The van der Waals surface area contributed by atoms with Crippen LogP contribution in [0.25, 0.3) is 0 Å². The summed E-state index contributed by atoms with van der Waals surface area (Å²) in [6.07, 6.45) is 3.01. The van der Waals surface area contributed by atoms with Gasteiger partial charge in [-0.25, -0.2) is 4.79 Å². The maximum Gasteiger partial charge on any atom is 0.338 e. The summed E-state index contributed by atoms with van der Waals surface area (Å²) in [6.45, 7) is 3.46. The number of furan rings is 1. The van der Waals surface area contributed by atoms with E-state index in [9.17, 15) is 9.59 Å². The monoisotopic (exact) mass is 327 g/mol. The second kappa shape index (κ2) is 6.91. The Morgan fingerprint density at radius 3 is 2.67 bits per heavy atom. The van der Waals surface area contributed by atoms with Crippen LogP contribution >= 0.6 is 0 Å². The summed E-state index contributed by atoms with van der Waals surface area (Å²) < 4.78 is 5.15. The largest absolute Gasteiger partial charge is 0.478 e. The molecule has 1 N–H and O–H groups in total. The predicted octanol–water partition coefficient (Wildman–Crippen LogP) is 3.63. The Bertz CT molecular complexity index is 722. The molecule has 5 heteroatoms. The Morgan fingerprint density at radius 2 is 2.04 bits per heavy atom. The third-order valence-corrected chi connectivity index (χ3v) is 4.83. The molecule has 1 fully saturated rings. The summed E-state index contributed by atoms with van der Waals surface area (Å²) in [7, 11) is 0. The second-order valence-corrected chi connectivity index (χ2v) is 6.23. The van der Waals surface area contributed by atoms with E-state index in [0.717, 1.165) is 19.1 Å². The summed E-state index contributed by atoms with van der Waals surface area (Å²) in [4.78, 5) is 25.3.